The van der Waals surface area contributed by atoms with Crippen LogP contribution in [0.1, 0.15) is 70.2 Å². The number of carbonyl (C=O) groups excluding carboxylic acids is 2. The lowest BCUT2D eigenvalue weighted by Gasteiger charge is -2.38. The number of ether oxygens (including phenoxy) is 1. The van der Waals surface area contributed by atoms with Crippen molar-refractivity contribution < 1.29 is 19.4 Å². The molecule has 0 aromatic heterocycles. The molecule has 0 spiro atoms. The van der Waals surface area contributed by atoms with Gasteiger partial charge in [0.25, 0.3) is 0 Å². The van der Waals surface area contributed by atoms with Crippen molar-refractivity contribution in [2.45, 2.75) is 78.0 Å². The van der Waals surface area contributed by atoms with E-state index in [4.69, 9.17) is 4.74 Å². The van der Waals surface area contributed by atoms with Crippen LogP contribution in [0.5, 0.6) is 0 Å². The smallest absolute Gasteiger partial charge is 0.410 e. The van der Waals surface area contributed by atoms with Gasteiger partial charge in [-0.1, -0.05) is 28.9 Å². The van der Waals surface area contributed by atoms with Crippen LogP contribution in [0.4, 0.5) is 4.79 Å². The van der Waals surface area contributed by atoms with E-state index in [0.717, 1.165) is 35.7 Å². The first kappa shape index (κ1) is 23.7. The van der Waals surface area contributed by atoms with Gasteiger partial charge in [0, 0.05) is 17.9 Å². The summed E-state index contributed by atoms with van der Waals surface area (Å²) < 4.78 is 6.73. The molecule has 2 amide bonds. The van der Waals surface area contributed by atoms with Crippen molar-refractivity contribution in [2.24, 2.45) is 0 Å². The zero-order chi connectivity index (χ0) is 21.8. The molecule has 1 aliphatic carbocycles. The number of amides is 2. The largest absolute Gasteiger partial charge is 0.444 e. The number of benzene rings is 1. The number of rotatable bonds is 6. The van der Waals surface area contributed by atoms with E-state index in [1.807, 2.05) is 20.8 Å². The molecule has 162 valence electrons. The molecule has 2 atom stereocenters. The summed E-state index contributed by atoms with van der Waals surface area (Å²) in [6.45, 7) is 9.18. The fourth-order valence-electron chi connectivity index (χ4n) is 3.64. The van der Waals surface area contributed by atoms with Crippen LogP contribution in [-0.4, -0.2) is 46.8 Å². The van der Waals surface area contributed by atoms with Gasteiger partial charge in [-0.3, -0.25) is 9.69 Å². The van der Waals surface area contributed by atoms with E-state index in [1.54, 1.807) is 4.90 Å². The summed E-state index contributed by atoms with van der Waals surface area (Å²) in [5, 5.41) is 13.1. The number of aliphatic hydroxyl groups excluding tert-OH is 1. The standard InChI is InChI=1S/C22H33BrN2O4/c1-6-15-10-18-17(19(23)11-15)8-7-9-20(18)25(21(28)29-22(3,4)5)13-16(27)12-24-14(2)26/h10-11,16,20,27H,6-9,12-13H2,1-5H3,(H,24,26)/t16-,20-/m0/s1. The van der Waals surface area contributed by atoms with E-state index in [2.05, 4.69) is 40.3 Å². The Kier molecular flexibility index (Phi) is 8.11. The highest BCUT2D eigenvalue weighted by atomic mass is 79.9. The highest BCUT2D eigenvalue weighted by Crippen LogP contribution is 2.39. The summed E-state index contributed by atoms with van der Waals surface area (Å²) in [5.74, 6) is -0.215. The lowest BCUT2D eigenvalue weighted by atomic mass is 9.85. The average molecular weight is 469 g/mol. The molecule has 0 fully saturated rings. The maximum atomic E-state index is 13.1. The van der Waals surface area contributed by atoms with Crippen LogP contribution in [0.2, 0.25) is 0 Å². The monoisotopic (exact) mass is 468 g/mol. The topological polar surface area (TPSA) is 78.9 Å². The van der Waals surface area contributed by atoms with Gasteiger partial charge in [-0.25, -0.2) is 4.79 Å². The minimum atomic E-state index is -0.880. The van der Waals surface area contributed by atoms with E-state index in [9.17, 15) is 14.7 Å². The Balaban J connectivity index is 2.37. The third kappa shape index (κ3) is 6.71. The molecule has 0 heterocycles. The molecule has 0 saturated carbocycles. The molecule has 7 heteroatoms. The summed E-state index contributed by atoms with van der Waals surface area (Å²) in [4.78, 5) is 25.9. The van der Waals surface area contributed by atoms with Crippen molar-refractivity contribution in [1.29, 1.82) is 0 Å². The third-order valence-electron chi connectivity index (χ3n) is 4.96. The fourth-order valence-corrected chi connectivity index (χ4v) is 4.36. The molecule has 1 aromatic carbocycles. The Morgan fingerprint density at radius 2 is 2.07 bits per heavy atom. The molecule has 0 unspecified atom stereocenters. The zero-order valence-electron chi connectivity index (χ0n) is 18.0. The second-order valence-electron chi connectivity index (χ2n) is 8.63. The SMILES string of the molecule is CCc1cc(Br)c2c(c1)[C@@H](N(C[C@@H](O)CNC(C)=O)C(=O)OC(C)(C)C)CCC2. The van der Waals surface area contributed by atoms with Gasteiger partial charge in [0.2, 0.25) is 5.91 Å². The highest BCUT2D eigenvalue weighted by Gasteiger charge is 2.34. The molecule has 2 rings (SSSR count). The quantitative estimate of drug-likeness (QED) is 0.657. The van der Waals surface area contributed by atoms with Gasteiger partial charge >= 0.3 is 6.09 Å². The maximum Gasteiger partial charge on any atom is 0.410 e. The number of aryl methyl sites for hydroxylation is 1. The second kappa shape index (κ2) is 9.94. The number of aliphatic hydroxyl groups is 1. The Bertz CT molecular complexity index is 745. The van der Waals surface area contributed by atoms with E-state index >= 15 is 0 Å². The van der Waals surface area contributed by atoms with Crippen LogP contribution in [0.25, 0.3) is 0 Å². The number of nitrogens with zero attached hydrogens (tertiary/aromatic N) is 1. The highest BCUT2D eigenvalue weighted by molar-refractivity contribution is 9.10. The van der Waals surface area contributed by atoms with E-state index in [-0.39, 0.29) is 25.0 Å². The van der Waals surface area contributed by atoms with Gasteiger partial charge in [0.15, 0.2) is 0 Å². The van der Waals surface area contributed by atoms with Crippen LogP contribution in [-0.2, 0) is 22.4 Å². The van der Waals surface area contributed by atoms with Crippen molar-refractivity contribution >= 4 is 27.9 Å². The number of nitrogens with one attached hydrogen (secondary N) is 1. The minimum absolute atomic E-state index is 0.0902. The molecule has 0 radical (unpaired) electrons. The fraction of sp³-hybridized carbons (Fsp3) is 0.636. The number of halogens is 1. The van der Waals surface area contributed by atoms with Crippen LogP contribution < -0.4 is 5.32 Å². The van der Waals surface area contributed by atoms with Gasteiger partial charge in [-0.2, -0.15) is 0 Å². The van der Waals surface area contributed by atoms with Crippen LogP contribution in [0, 0.1) is 0 Å². The van der Waals surface area contributed by atoms with E-state index < -0.39 is 17.8 Å². The summed E-state index contributed by atoms with van der Waals surface area (Å²) in [5.41, 5.74) is 2.88. The number of fused-ring (bicyclic) bond motifs is 1. The van der Waals surface area contributed by atoms with Gasteiger partial charge in [0.05, 0.1) is 18.7 Å². The molecule has 0 bridgehead atoms. The lowest BCUT2D eigenvalue weighted by molar-refractivity contribution is -0.119. The molecule has 1 aliphatic rings. The van der Waals surface area contributed by atoms with Crippen molar-refractivity contribution in [3.05, 3.63) is 33.3 Å². The molecular weight excluding hydrogens is 436 g/mol. The summed E-state index contributed by atoms with van der Waals surface area (Å²) in [6, 6.07) is 4.13. The van der Waals surface area contributed by atoms with Crippen molar-refractivity contribution in [1.82, 2.24) is 10.2 Å². The predicted molar refractivity (Wildman–Crippen MR) is 117 cm³/mol. The summed E-state index contributed by atoms with van der Waals surface area (Å²) >= 11 is 3.70. The maximum absolute atomic E-state index is 13.1. The molecule has 29 heavy (non-hydrogen) atoms. The Morgan fingerprint density at radius 1 is 1.38 bits per heavy atom. The molecule has 0 aliphatic heterocycles. The van der Waals surface area contributed by atoms with Crippen molar-refractivity contribution in [3.63, 3.8) is 0 Å². The number of hydrogen-bond donors (Lipinski definition) is 2. The van der Waals surface area contributed by atoms with Crippen LogP contribution in [0.3, 0.4) is 0 Å². The van der Waals surface area contributed by atoms with E-state index in [1.165, 1.54) is 18.1 Å². The van der Waals surface area contributed by atoms with Gasteiger partial charge in [0.1, 0.15) is 5.60 Å². The minimum Gasteiger partial charge on any atom is -0.444 e. The normalized spacial score (nSPS) is 17.3. The summed E-state index contributed by atoms with van der Waals surface area (Å²) in [7, 11) is 0. The second-order valence-corrected chi connectivity index (χ2v) is 9.48. The van der Waals surface area contributed by atoms with E-state index in [0.29, 0.717) is 0 Å². The number of carbonyl (C=O) groups is 2. The Labute approximate surface area is 182 Å². The average Bonchev–Trinajstić information content (AvgIpc) is 2.62. The molecule has 2 N–H and O–H groups in total. The first-order valence-electron chi connectivity index (χ1n) is 10.2. The Hall–Kier alpha value is -1.60. The van der Waals surface area contributed by atoms with Gasteiger partial charge in [-0.05, 0) is 69.2 Å². The molecule has 6 nitrogen and oxygen atoms in total. The number of hydrogen-bond acceptors (Lipinski definition) is 4. The van der Waals surface area contributed by atoms with Crippen LogP contribution >= 0.6 is 15.9 Å². The molecular formula is C22H33BrN2O4. The predicted octanol–water partition coefficient (Wildman–Crippen LogP) is 4.12. The summed E-state index contributed by atoms with van der Waals surface area (Å²) in [6.07, 6.45) is 2.27. The zero-order valence-corrected chi connectivity index (χ0v) is 19.6. The molecule has 0 saturated heterocycles. The van der Waals surface area contributed by atoms with Crippen molar-refractivity contribution in [3.8, 4) is 0 Å². The van der Waals surface area contributed by atoms with Crippen molar-refractivity contribution in [2.75, 3.05) is 13.1 Å². The van der Waals surface area contributed by atoms with Gasteiger partial charge in [-0.15, -0.1) is 0 Å². The Morgan fingerprint density at radius 3 is 2.66 bits per heavy atom. The van der Waals surface area contributed by atoms with Gasteiger partial charge < -0.3 is 15.2 Å². The third-order valence-corrected chi connectivity index (χ3v) is 5.67. The molecule has 1 aromatic rings. The van der Waals surface area contributed by atoms with Crippen LogP contribution in [0.15, 0.2) is 16.6 Å². The lowest BCUT2D eigenvalue weighted by Crippen LogP contribution is -2.46. The first-order valence-corrected chi connectivity index (χ1v) is 11.0. The first-order chi connectivity index (χ1) is 13.5.